The molecule has 2 aliphatic heterocycles. The van der Waals surface area contributed by atoms with E-state index in [-0.39, 0.29) is 6.29 Å². The van der Waals surface area contributed by atoms with Gasteiger partial charge >= 0.3 is 0 Å². The van der Waals surface area contributed by atoms with Crippen LogP contribution in [0.1, 0.15) is 13.8 Å². The highest BCUT2D eigenvalue weighted by Gasteiger charge is 2.49. The Kier molecular flexibility index (Phi) is 9.87. The van der Waals surface area contributed by atoms with Crippen molar-refractivity contribution in [3.05, 3.63) is 0 Å². The van der Waals surface area contributed by atoms with Crippen LogP contribution in [0.25, 0.3) is 0 Å². The van der Waals surface area contributed by atoms with Gasteiger partial charge in [-0.15, -0.1) is 0 Å². The van der Waals surface area contributed by atoms with Gasteiger partial charge in [0.25, 0.3) is 0 Å². The van der Waals surface area contributed by atoms with Crippen LogP contribution in [0.2, 0.25) is 0 Å². The summed E-state index contributed by atoms with van der Waals surface area (Å²) in [4.78, 5) is 11.8. The Morgan fingerprint density at radius 3 is 1.88 bits per heavy atom. The molecule has 0 radical (unpaired) electrons. The fraction of sp³-hybridized carbons (Fsp3) is 0.944. The summed E-state index contributed by atoms with van der Waals surface area (Å²) in [5, 5.41) is 89.2. The van der Waals surface area contributed by atoms with Crippen molar-refractivity contribution in [3.63, 3.8) is 0 Å². The minimum absolute atomic E-state index is 0.137. The Balaban J connectivity index is 2.23. The Morgan fingerprint density at radius 1 is 0.844 bits per heavy atom. The van der Waals surface area contributed by atoms with Gasteiger partial charge in [0.2, 0.25) is 0 Å². The second-order valence-corrected chi connectivity index (χ2v) is 7.95. The van der Waals surface area contributed by atoms with E-state index in [0.717, 1.165) is 6.92 Å². The average molecular weight is 472 g/mol. The lowest BCUT2D eigenvalue weighted by molar-refractivity contribution is -0.341. The molecule has 0 amide bonds. The molecule has 0 spiro atoms. The van der Waals surface area contributed by atoms with Crippen molar-refractivity contribution in [2.24, 2.45) is 0 Å². The van der Waals surface area contributed by atoms with Crippen LogP contribution in [0, 0.1) is 0 Å². The van der Waals surface area contributed by atoms with Gasteiger partial charge in [-0.2, -0.15) is 0 Å². The van der Waals surface area contributed by atoms with E-state index in [1.54, 1.807) is 0 Å². The summed E-state index contributed by atoms with van der Waals surface area (Å²) in [6.07, 6.45) is -22.8. The quantitative estimate of drug-likeness (QED) is 0.142. The van der Waals surface area contributed by atoms with Crippen LogP contribution >= 0.6 is 0 Å². The monoisotopic (exact) mass is 472 g/mol. The fourth-order valence-corrected chi connectivity index (χ4v) is 3.43. The lowest BCUT2D eigenvalue weighted by atomic mass is 9.98. The highest BCUT2D eigenvalue weighted by atomic mass is 16.7. The Labute approximate surface area is 183 Å². The molecule has 188 valence electrons. The summed E-state index contributed by atoms with van der Waals surface area (Å²) in [5.41, 5.74) is 0. The Bertz CT molecular complexity index is 590. The molecule has 0 bridgehead atoms. The minimum atomic E-state index is -1.88. The second kappa shape index (κ2) is 11.5. The van der Waals surface area contributed by atoms with Crippen LogP contribution in [-0.2, 0) is 23.7 Å². The van der Waals surface area contributed by atoms with E-state index >= 15 is 0 Å². The zero-order chi connectivity index (χ0) is 24.3. The van der Waals surface area contributed by atoms with Crippen molar-refractivity contribution >= 4 is 6.29 Å². The third-order valence-electron chi connectivity index (χ3n) is 5.53. The van der Waals surface area contributed by atoms with Gasteiger partial charge in [0, 0.05) is 0 Å². The maximum absolute atomic E-state index is 11.8. The minimum Gasteiger partial charge on any atom is -0.394 e. The SMILES string of the molecule is C[C@H](O)[C@H](O)[C@@H](OC1O[C@H](CO)[C@@H](O)[C@H](O)[C@H]1O)[C@H](C=O)O[C@@H]1O[C@@H](C)[C@H](O)[C@@H](O)[C@H]1O. The molecule has 2 heterocycles. The van der Waals surface area contributed by atoms with Crippen LogP contribution in [0.4, 0.5) is 0 Å². The van der Waals surface area contributed by atoms with Gasteiger partial charge in [-0.25, -0.2) is 0 Å². The van der Waals surface area contributed by atoms with Gasteiger partial charge in [-0.3, -0.25) is 0 Å². The topological polar surface area (TPSA) is 236 Å². The van der Waals surface area contributed by atoms with E-state index in [9.17, 15) is 50.8 Å². The molecule has 32 heavy (non-hydrogen) atoms. The van der Waals surface area contributed by atoms with Gasteiger partial charge < -0.3 is 69.7 Å². The predicted molar refractivity (Wildman–Crippen MR) is 99.6 cm³/mol. The second-order valence-electron chi connectivity index (χ2n) is 7.95. The van der Waals surface area contributed by atoms with Crippen molar-refractivity contribution < 1.29 is 69.7 Å². The molecule has 0 aromatic rings. The average Bonchev–Trinajstić information content (AvgIpc) is 2.77. The first-order chi connectivity index (χ1) is 14.9. The van der Waals surface area contributed by atoms with E-state index in [0.29, 0.717) is 0 Å². The maximum Gasteiger partial charge on any atom is 0.187 e. The molecule has 2 fully saturated rings. The van der Waals surface area contributed by atoms with Gasteiger partial charge in [0.1, 0.15) is 61.0 Å². The third-order valence-corrected chi connectivity index (χ3v) is 5.53. The highest BCUT2D eigenvalue weighted by molar-refractivity contribution is 5.57. The van der Waals surface area contributed by atoms with E-state index in [2.05, 4.69) is 0 Å². The molecule has 9 N–H and O–H groups in total. The number of ether oxygens (including phenoxy) is 4. The number of aldehydes is 1. The first-order valence-electron chi connectivity index (χ1n) is 10.1. The van der Waals surface area contributed by atoms with Crippen molar-refractivity contribution in [2.45, 2.75) is 99.7 Å². The van der Waals surface area contributed by atoms with Crippen molar-refractivity contribution in [1.82, 2.24) is 0 Å². The lowest BCUT2D eigenvalue weighted by Gasteiger charge is -2.43. The molecule has 2 aliphatic rings. The molecule has 2 saturated heterocycles. The molecular formula is C18H32O14. The first-order valence-corrected chi connectivity index (χ1v) is 10.1. The summed E-state index contributed by atoms with van der Waals surface area (Å²) in [7, 11) is 0. The van der Waals surface area contributed by atoms with Crippen LogP contribution in [0.3, 0.4) is 0 Å². The molecule has 0 aromatic heterocycles. The van der Waals surface area contributed by atoms with Gasteiger partial charge in [-0.1, -0.05) is 0 Å². The lowest BCUT2D eigenvalue weighted by Crippen LogP contribution is -2.62. The van der Waals surface area contributed by atoms with Crippen molar-refractivity contribution in [3.8, 4) is 0 Å². The number of carbonyl (C=O) groups excluding carboxylic acids is 1. The van der Waals surface area contributed by atoms with E-state index in [1.807, 2.05) is 0 Å². The fourth-order valence-electron chi connectivity index (χ4n) is 3.43. The molecule has 14 atom stereocenters. The maximum atomic E-state index is 11.8. The zero-order valence-electron chi connectivity index (χ0n) is 17.4. The Hall–Kier alpha value is -0.850. The van der Waals surface area contributed by atoms with E-state index < -0.39 is 92.4 Å². The third kappa shape index (κ3) is 5.79. The highest BCUT2D eigenvalue weighted by Crippen LogP contribution is 2.28. The van der Waals surface area contributed by atoms with E-state index in [4.69, 9.17) is 18.9 Å². The molecule has 0 saturated carbocycles. The molecule has 0 aliphatic carbocycles. The summed E-state index contributed by atoms with van der Waals surface area (Å²) in [5.74, 6) is 0. The van der Waals surface area contributed by atoms with Crippen LogP contribution in [0.15, 0.2) is 0 Å². The number of hydrogen-bond acceptors (Lipinski definition) is 14. The number of rotatable bonds is 9. The largest absolute Gasteiger partial charge is 0.394 e. The van der Waals surface area contributed by atoms with Gasteiger partial charge in [-0.05, 0) is 13.8 Å². The predicted octanol–water partition coefficient (Wildman–Crippen LogP) is -5.68. The Morgan fingerprint density at radius 2 is 1.38 bits per heavy atom. The standard InChI is InChI=1S/C18H32O14/c1-5(21)9(22)16(32-18-15(28)13(26)11(24)7(3-19)30-18)8(4-20)31-17-14(27)12(25)10(23)6(2)29-17/h4-19,21-28H,3H2,1-2H3/t5-,6-,7+,8-,9-,10-,11+,12+,13-,14+,15+,16-,17-,18?/m0/s1. The zero-order valence-corrected chi connectivity index (χ0v) is 17.4. The number of carbonyl (C=O) groups is 1. The summed E-state index contributed by atoms with van der Waals surface area (Å²) < 4.78 is 21.2. The molecule has 14 heteroatoms. The number of hydrogen-bond donors (Lipinski definition) is 9. The summed E-state index contributed by atoms with van der Waals surface area (Å²) in [6.45, 7) is 1.77. The van der Waals surface area contributed by atoms with Crippen LogP contribution in [-0.4, -0.2) is 145 Å². The molecule has 0 aromatic carbocycles. The number of aliphatic hydroxyl groups is 9. The molecule has 14 nitrogen and oxygen atoms in total. The van der Waals surface area contributed by atoms with Crippen LogP contribution < -0.4 is 0 Å². The van der Waals surface area contributed by atoms with Crippen molar-refractivity contribution in [2.75, 3.05) is 6.61 Å². The molecule has 2 rings (SSSR count). The first kappa shape index (κ1) is 27.4. The molecular weight excluding hydrogens is 440 g/mol. The summed E-state index contributed by atoms with van der Waals surface area (Å²) >= 11 is 0. The van der Waals surface area contributed by atoms with Crippen LogP contribution in [0.5, 0.6) is 0 Å². The van der Waals surface area contributed by atoms with E-state index in [1.165, 1.54) is 6.92 Å². The van der Waals surface area contributed by atoms with Gasteiger partial charge in [0.15, 0.2) is 18.9 Å². The number of aliphatic hydroxyl groups excluding tert-OH is 9. The summed E-state index contributed by atoms with van der Waals surface area (Å²) in [6, 6.07) is 0. The smallest absolute Gasteiger partial charge is 0.187 e. The van der Waals surface area contributed by atoms with Crippen molar-refractivity contribution in [1.29, 1.82) is 0 Å². The normalized spacial score (nSPS) is 44.5. The molecule has 1 unspecified atom stereocenters. The van der Waals surface area contributed by atoms with Gasteiger partial charge in [0.05, 0.1) is 18.8 Å².